The summed E-state index contributed by atoms with van der Waals surface area (Å²) in [5.74, 6) is 1.40. The zero-order valence-corrected chi connectivity index (χ0v) is 16.7. The average Bonchev–Trinajstić information content (AvgIpc) is 3.26. The molecule has 2 aliphatic heterocycles. The Labute approximate surface area is 166 Å². The number of benzene rings is 1. The molecule has 2 heterocycles. The zero-order valence-electron chi connectivity index (χ0n) is 16.7. The molecule has 1 aromatic carbocycles. The van der Waals surface area contributed by atoms with E-state index in [1.165, 1.54) is 6.92 Å². The van der Waals surface area contributed by atoms with E-state index >= 15 is 0 Å². The first-order valence-corrected chi connectivity index (χ1v) is 10.3. The van der Waals surface area contributed by atoms with Crippen LogP contribution in [0.2, 0.25) is 0 Å². The summed E-state index contributed by atoms with van der Waals surface area (Å²) in [5.41, 5.74) is 0.629. The van der Waals surface area contributed by atoms with E-state index in [9.17, 15) is 14.4 Å². The van der Waals surface area contributed by atoms with Gasteiger partial charge in [-0.25, -0.2) is 0 Å². The van der Waals surface area contributed by atoms with Crippen molar-refractivity contribution in [3.63, 3.8) is 0 Å². The van der Waals surface area contributed by atoms with Gasteiger partial charge in [-0.2, -0.15) is 0 Å². The van der Waals surface area contributed by atoms with Gasteiger partial charge in [0.25, 0.3) is 5.91 Å². The molecule has 0 radical (unpaired) electrons. The summed E-state index contributed by atoms with van der Waals surface area (Å²) in [6.07, 6.45) is 5.73. The Kier molecular flexibility index (Phi) is 7.06. The number of amides is 2. The summed E-state index contributed by atoms with van der Waals surface area (Å²) in [6, 6.07) is 6.84. The number of hydrogen-bond donors (Lipinski definition) is 0. The molecule has 152 valence electrons. The number of carbonyl (C=O) groups excluding carboxylic acids is 3. The third-order valence-electron chi connectivity index (χ3n) is 5.82. The van der Waals surface area contributed by atoms with Crippen molar-refractivity contribution in [3.05, 3.63) is 29.8 Å². The molecule has 0 atom stereocenters. The maximum atomic E-state index is 12.4. The Morgan fingerprint density at radius 2 is 1.54 bits per heavy atom. The van der Waals surface area contributed by atoms with E-state index in [-0.39, 0.29) is 18.3 Å². The van der Waals surface area contributed by atoms with Crippen LogP contribution in [0.3, 0.4) is 0 Å². The minimum absolute atomic E-state index is 0.00706. The second kappa shape index (κ2) is 9.71. The van der Waals surface area contributed by atoms with Crippen molar-refractivity contribution < 1.29 is 19.1 Å². The van der Waals surface area contributed by atoms with Crippen molar-refractivity contribution in [1.82, 2.24) is 9.80 Å². The second-order valence-electron chi connectivity index (χ2n) is 7.82. The first-order chi connectivity index (χ1) is 13.5. The highest BCUT2D eigenvalue weighted by atomic mass is 16.5. The van der Waals surface area contributed by atoms with Crippen LogP contribution in [0.1, 0.15) is 55.8 Å². The number of hydrogen-bond acceptors (Lipinski definition) is 4. The number of carbonyl (C=O) groups is 3. The number of piperidine rings is 1. The van der Waals surface area contributed by atoms with Gasteiger partial charge < -0.3 is 14.5 Å². The molecular weight excluding hydrogens is 356 g/mol. The Bertz CT molecular complexity index is 687. The topological polar surface area (TPSA) is 66.9 Å². The van der Waals surface area contributed by atoms with Crippen molar-refractivity contribution in [2.75, 3.05) is 32.8 Å². The van der Waals surface area contributed by atoms with Gasteiger partial charge in [-0.05, 0) is 69.2 Å². The van der Waals surface area contributed by atoms with E-state index < -0.39 is 0 Å². The predicted octanol–water partition coefficient (Wildman–Crippen LogP) is 2.91. The van der Waals surface area contributed by atoms with Gasteiger partial charge in [0.05, 0.1) is 0 Å². The SMILES string of the molecule is CC(=O)c1ccc(OCC(=O)N2CCC(CCC(=O)N3CCCC3)CC2)cc1. The molecule has 28 heavy (non-hydrogen) atoms. The lowest BCUT2D eigenvalue weighted by atomic mass is 9.92. The number of likely N-dealkylation sites (tertiary alicyclic amines) is 2. The molecule has 0 aromatic heterocycles. The standard InChI is InChI=1S/C22H30N2O4/c1-17(25)19-5-7-20(8-6-19)28-16-22(27)24-14-10-18(11-15-24)4-9-21(26)23-12-2-3-13-23/h5-8,18H,2-4,9-16H2,1H3. The smallest absolute Gasteiger partial charge is 0.260 e. The minimum atomic E-state index is -0.0118. The highest BCUT2D eigenvalue weighted by molar-refractivity contribution is 5.94. The molecule has 2 fully saturated rings. The molecule has 0 aliphatic carbocycles. The number of Topliss-reactive ketones (excluding diaryl/α,β-unsaturated/α-hetero) is 1. The molecule has 2 saturated heterocycles. The van der Waals surface area contributed by atoms with Crippen molar-refractivity contribution in [1.29, 1.82) is 0 Å². The van der Waals surface area contributed by atoms with Crippen molar-refractivity contribution in [2.24, 2.45) is 5.92 Å². The van der Waals surface area contributed by atoms with Gasteiger partial charge in [0, 0.05) is 38.2 Å². The van der Waals surface area contributed by atoms with Crippen molar-refractivity contribution in [3.8, 4) is 5.75 Å². The molecule has 0 bridgehead atoms. The molecule has 0 N–H and O–H groups in total. The Hall–Kier alpha value is -2.37. The first kappa shape index (κ1) is 20.4. The van der Waals surface area contributed by atoms with E-state index in [2.05, 4.69) is 0 Å². The lowest BCUT2D eigenvalue weighted by Crippen LogP contribution is -2.41. The number of rotatable bonds is 7. The largest absolute Gasteiger partial charge is 0.484 e. The van der Waals surface area contributed by atoms with Crippen LogP contribution in [0.5, 0.6) is 5.75 Å². The van der Waals surface area contributed by atoms with Crippen LogP contribution in [0.15, 0.2) is 24.3 Å². The Morgan fingerprint density at radius 3 is 2.14 bits per heavy atom. The molecule has 0 spiro atoms. The normalized spacial score (nSPS) is 17.6. The molecule has 0 saturated carbocycles. The van der Waals surface area contributed by atoms with E-state index in [4.69, 9.17) is 4.74 Å². The third kappa shape index (κ3) is 5.57. The molecule has 0 unspecified atom stereocenters. The van der Waals surface area contributed by atoms with Gasteiger partial charge in [0.15, 0.2) is 12.4 Å². The van der Waals surface area contributed by atoms with Crippen LogP contribution in [0.25, 0.3) is 0 Å². The van der Waals surface area contributed by atoms with E-state index in [0.717, 1.165) is 58.3 Å². The Morgan fingerprint density at radius 1 is 0.929 bits per heavy atom. The molecule has 1 aromatic rings. The van der Waals surface area contributed by atoms with Crippen LogP contribution in [0.4, 0.5) is 0 Å². The van der Waals surface area contributed by atoms with E-state index in [0.29, 0.717) is 29.6 Å². The first-order valence-electron chi connectivity index (χ1n) is 10.3. The fraction of sp³-hybridized carbons (Fsp3) is 0.591. The molecule has 2 amide bonds. The van der Waals surface area contributed by atoms with Crippen LogP contribution in [0, 0.1) is 5.92 Å². The highest BCUT2D eigenvalue weighted by Crippen LogP contribution is 2.23. The molecular formula is C22H30N2O4. The molecule has 6 heteroatoms. The summed E-state index contributed by atoms with van der Waals surface area (Å²) in [4.78, 5) is 39.7. The molecule has 6 nitrogen and oxygen atoms in total. The number of ether oxygens (including phenoxy) is 1. The second-order valence-corrected chi connectivity index (χ2v) is 7.82. The fourth-order valence-corrected chi connectivity index (χ4v) is 3.95. The van der Waals surface area contributed by atoms with Gasteiger partial charge in [0.1, 0.15) is 5.75 Å². The molecule has 2 aliphatic rings. The van der Waals surface area contributed by atoms with Gasteiger partial charge in [-0.3, -0.25) is 14.4 Å². The fourth-order valence-electron chi connectivity index (χ4n) is 3.95. The minimum Gasteiger partial charge on any atom is -0.484 e. The quantitative estimate of drug-likeness (QED) is 0.676. The van der Waals surface area contributed by atoms with Crippen molar-refractivity contribution in [2.45, 2.75) is 45.4 Å². The summed E-state index contributed by atoms with van der Waals surface area (Å²) in [6.45, 7) is 4.83. The summed E-state index contributed by atoms with van der Waals surface area (Å²) >= 11 is 0. The van der Waals surface area contributed by atoms with Crippen LogP contribution < -0.4 is 4.74 Å². The van der Waals surface area contributed by atoms with Crippen LogP contribution in [-0.2, 0) is 9.59 Å². The van der Waals surface area contributed by atoms with Crippen LogP contribution in [-0.4, -0.2) is 60.2 Å². The predicted molar refractivity (Wildman–Crippen MR) is 106 cm³/mol. The lowest BCUT2D eigenvalue weighted by molar-refractivity contribution is -0.135. The van der Waals surface area contributed by atoms with E-state index in [1.54, 1.807) is 24.3 Å². The van der Waals surface area contributed by atoms with Gasteiger partial charge in [-0.15, -0.1) is 0 Å². The maximum absolute atomic E-state index is 12.4. The van der Waals surface area contributed by atoms with Gasteiger partial charge >= 0.3 is 0 Å². The summed E-state index contributed by atoms with van der Waals surface area (Å²) in [5, 5.41) is 0. The lowest BCUT2D eigenvalue weighted by Gasteiger charge is -2.32. The van der Waals surface area contributed by atoms with Crippen molar-refractivity contribution >= 4 is 17.6 Å². The van der Waals surface area contributed by atoms with Gasteiger partial charge in [-0.1, -0.05) is 0 Å². The number of nitrogens with zero attached hydrogens (tertiary/aromatic N) is 2. The molecule has 3 rings (SSSR count). The summed E-state index contributed by atoms with van der Waals surface area (Å²) < 4.78 is 5.57. The van der Waals surface area contributed by atoms with Gasteiger partial charge in [0.2, 0.25) is 5.91 Å². The van der Waals surface area contributed by atoms with E-state index in [1.807, 2.05) is 9.80 Å². The maximum Gasteiger partial charge on any atom is 0.260 e. The average molecular weight is 386 g/mol. The zero-order chi connectivity index (χ0) is 19.9. The third-order valence-corrected chi connectivity index (χ3v) is 5.82. The van der Waals surface area contributed by atoms with Crippen LogP contribution >= 0.6 is 0 Å². The Balaban J connectivity index is 1.35. The monoisotopic (exact) mass is 386 g/mol. The summed E-state index contributed by atoms with van der Waals surface area (Å²) in [7, 11) is 0. The highest BCUT2D eigenvalue weighted by Gasteiger charge is 2.25. The number of ketones is 1.